The number of H-pyrrole nitrogens is 1. The predicted octanol–water partition coefficient (Wildman–Crippen LogP) is 2.35. The van der Waals surface area contributed by atoms with E-state index < -0.39 is 6.04 Å². The van der Waals surface area contributed by atoms with Crippen molar-refractivity contribution in [2.45, 2.75) is 19.5 Å². The van der Waals surface area contributed by atoms with Gasteiger partial charge in [-0.25, -0.2) is 9.07 Å². The summed E-state index contributed by atoms with van der Waals surface area (Å²) >= 11 is 0. The van der Waals surface area contributed by atoms with Gasteiger partial charge in [-0.15, -0.1) is 5.10 Å². The van der Waals surface area contributed by atoms with Gasteiger partial charge in [0.15, 0.2) is 5.82 Å². The molecule has 2 aromatic heterocycles. The third kappa shape index (κ3) is 4.29. The van der Waals surface area contributed by atoms with Crippen molar-refractivity contribution in [3.63, 3.8) is 0 Å². The van der Waals surface area contributed by atoms with Gasteiger partial charge >= 0.3 is 0 Å². The van der Waals surface area contributed by atoms with Gasteiger partial charge in [0, 0.05) is 31.7 Å². The molecule has 0 saturated carbocycles. The number of aryl methyl sites for hydroxylation is 1. The second-order valence-electron chi connectivity index (χ2n) is 8.66. The van der Waals surface area contributed by atoms with Crippen molar-refractivity contribution < 1.29 is 4.39 Å². The largest absolute Gasteiger partial charge is 0.321 e. The molecule has 8 nitrogen and oxygen atoms in total. The second-order valence-corrected chi connectivity index (χ2v) is 8.66. The van der Waals surface area contributed by atoms with E-state index in [-0.39, 0.29) is 11.4 Å². The molecule has 3 heterocycles. The van der Waals surface area contributed by atoms with Crippen molar-refractivity contribution in [1.29, 1.82) is 0 Å². The molecule has 1 N–H and O–H groups in total. The summed E-state index contributed by atoms with van der Waals surface area (Å²) in [5, 5.41) is 13.5. The first-order valence-electron chi connectivity index (χ1n) is 11.1. The lowest BCUT2D eigenvalue weighted by Crippen LogP contribution is -2.47. The number of halogens is 1. The summed E-state index contributed by atoms with van der Waals surface area (Å²) in [4.78, 5) is 20.9. The van der Waals surface area contributed by atoms with Gasteiger partial charge < -0.3 is 9.88 Å². The highest BCUT2D eigenvalue weighted by Gasteiger charge is 2.32. The van der Waals surface area contributed by atoms with E-state index >= 15 is 0 Å². The van der Waals surface area contributed by atoms with Crippen LogP contribution in [0.5, 0.6) is 0 Å². The molecule has 9 heteroatoms. The minimum atomic E-state index is -0.400. The predicted molar refractivity (Wildman–Crippen MR) is 124 cm³/mol. The fourth-order valence-electron chi connectivity index (χ4n) is 4.47. The molecular formula is C24H26FN7O. The Labute approximate surface area is 190 Å². The maximum absolute atomic E-state index is 13.4. The molecule has 1 saturated heterocycles. The number of piperazine rings is 1. The molecule has 2 aromatic carbocycles. The second kappa shape index (κ2) is 8.84. The number of hydrogen-bond acceptors (Lipinski definition) is 6. The molecule has 1 fully saturated rings. The minimum Gasteiger partial charge on any atom is -0.321 e. The molecule has 0 unspecified atom stereocenters. The number of tetrazole rings is 1. The summed E-state index contributed by atoms with van der Waals surface area (Å²) in [6.07, 6.45) is 0. The number of rotatable bonds is 5. The number of pyridine rings is 1. The molecule has 0 radical (unpaired) electrons. The summed E-state index contributed by atoms with van der Waals surface area (Å²) in [6, 6.07) is 13.8. The van der Waals surface area contributed by atoms with Crippen LogP contribution in [0.4, 0.5) is 4.39 Å². The van der Waals surface area contributed by atoms with E-state index in [9.17, 15) is 9.18 Å². The Hall–Kier alpha value is -3.43. The van der Waals surface area contributed by atoms with Gasteiger partial charge in [-0.3, -0.25) is 9.69 Å². The van der Waals surface area contributed by atoms with Crippen LogP contribution in [0.15, 0.2) is 53.3 Å². The van der Waals surface area contributed by atoms with Crippen molar-refractivity contribution >= 4 is 10.9 Å². The third-order valence-corrected chi connectivity index (χ3v) is 6.36. The van der Waals surface area contributed by atoms with Crippen molar-refractivity contribution in [2.75, 3.05) is 33.2 Å². The molecule has 4 aromatic rings. The Morgan fingerprint density at radius 2 is 1.85 bits per heavy atom. The fraction of sp³-hybridized carbons (Fsp3) is 0.333. The highest BCUT2D eigenvalue weighted by molar-refractivity contribution is 5.82. The lowest BCUT2D eigenvalue weighted by atomic mass is 10.0. The van der Waals surface area contributed by atoms with E-state index in [1.165, 1.54) is 12.1 Å². The lowest BCUT2D eigenvalue weighted by molar-refractivity contribution is 0.121. The standard InChI is InChI=1S/C24H26FN7O/c1-16-4-3-5-18-14-20(24(33)26-21(16)18)22(31-12-10-30(2)11-13-31)23-27-28-29-32(23)15-17-6-8-19(25)9-7-17/h3-9,14,22H,10-13,15H2,1-2H3,(H,26,33)/t22-/m1/s1. The topological polar surface area (TPSA) is 82.9 Å². The van der Waals surface area contributed by atoms with Crippen LogP contribution < -0.4 is 5.56 Å². The number of nitrogens with zero attached hydrogens (tertiary/aromatic N) is 6. The summed E-state index contributed by atoms with van der Waals surface area (Å²) in [5.74, 6) is 0.311. The third-order valence-electron chi connectivity index (χ3n) is 6.36. The number of hydrogen-bond donors (Lipinski definition) is 1. The molecule has 0 amide bonds. The molecule has 33 heavy (non-hydrogen) atoms. The van der Waals surface area contributed by atoms with Gasteiger partial charge in [0.25, 0.3) is 5.56 Å². The van der Waals surface area contributed by atoms with Crippen LogP contribution in [0.2, 0.25) is 0 Å². The van der Waals surface area contributed by atoms with Crippen LogP contribution in [0.3, 0.4) is 0 Å². The van der Waals surface area contributed by atoms with E-state index in [2.05, 4.69) is 37.4 Å². The molecule has 1 aliphatic heterocycles. The SMILES string of the molecule is Cc1cccc2cc([C@H](c3nnnn3Cc3ccc(F)cc3)N3CCN(C)CC3)c(=O)[nH]c12. The van der Waals surface area contributed by atoms with Crippen LogP contribution >= 0.6 is 0 Å². The Morgan fingerprint density at radius 3 is 2.61 bits per heavy atom. The van der Waals surface area contributed by atoms with Gasteiger partial charge in [-0.2, -0.15) is 0 Å². The van der Waals surface area contributed by atoms with E-state index in [1.54, 1.807) is 16.8 Å². The molecule has 1 aliphatic rings. The highest BCUT2D eigenvalue weighted by Crippen LogP contribution is 2.28. The summed E-state index contributed by atoms with van der Waals surface area (Å²) in [6.45, 7) is 5.73. The molecule has 0 aliphatic carbocycles. The molecule has 170 valence electrons. The van der Waals surface area contributed by atoms with Gasteiger partial charge in [-0.1, -0.05) is 30.3 Å². The number of nitrogens with one attached hydrogen (secondary N) is 1. The fourth-order valence-corrected chi connectivity index (χ4v) is 4.47. The van der Waals surface area contributed by atoms with Crippen molar-refractivity contribution in [1.82, 2.24) is 35.0 Å². The van der Waals surface area contributed by atoms with Crippen molar-refractivity contribution in [2.24, 2.45) is 0 Å². The van der Waals surface area contributed by atoms with Crippen molar-refractivity contribution in [3.05, 3.63) is 87.2 Å². The van der Waals surface area contributed by atoms with E-state index in [0.717, 1.165) is 48.2 Å². The minimum absolute atomic E-state index is 0.142. The van der Waals surface area contributed by atoms with E-state index in [4.69, 9.17) is 0 Å². The first kappa shape index (κ1) is 21.4. The average molecular weight is 448 g/mol. The van der Waals surface area contributed by atoms with Gasteiger partial charge in [0.05, 0.1) is 12.1 Å². The van der Waals surface area contributed by atoms with Crippen LogP contribution in [0.25, 0.3) is 10.9 Å². The lowest BCUT2D eigenvalue weighted by Gasteiger charge is -2.37. The average Bonchev–Trinajstić information content (AvgIpc) is 3.25. The first-order chi connectivity index (χ1) is 16.0. The molecule has 0 spiro atoms. The molecular weight excluding hydrogens is 421 g/mol. The van der Waals surface area contributed by atoms with Crippen molar-refractivity contribution in [3.8, 4) is 0 Å². The summed E-state index contributed by atoms with van der Waals surface area (Å²) in [5.41, 5.74) is 3.22. The van der Waals surface area contributed by atoms with Gasteiger partial charge in [0.2, 0.25) is 0 Å². The van der Waals surface area contributed by atoms with Crippen LogP contribution in [-0.4, -0.2) is 68.2 Å². The molecule has 5 rings (SSSR count). The highest BCUT2D eigenvalue weighted by atomic mass is 19.1. The number of para-hydroxylation sites is 1. The zero-order chi connectivity index (χ0) is 22.9. The van der Waals surface area contributed by atoms with Gasteiger partial charge in [0.1, 0.15) is 11.9 Å². The van der Waals surface area contributed by atoms with Crippen LogP contribution in [0.1, 0.15) is 28.6 Å². The number of fused-ring (bicyclic) bond motifs is 1. The molecule has 1 atom stereocenters. The maximum atomic E-state index is 13.4. The number of aromatic amines is 1. The maximum Gasteiger partial charge on any atom is 0.253 e. The van der Waals surface area contributed by atoms with Crippen LogP contribution in [0, 0.1) is 12.7 Å². The number of likely N-dealkylation sites (N-methyl/N-ethyl adjacent to an activating group) is 1. The summed E-state index contributed by atoms with van der Waals surface area (Å²) < 4.78 is 15.1. The Balaban J connectivity index is 1.60. The summed E-state index contributed by atoms with van der Waals surface area (Å²) in [7, 11) is 2.09. The first-order valence-corrected chi connectivity index (χ1v) is 11.1. The zero-order valence-electron chi connectivity index (χ0n) is 18.7. The van der Waals surface area contributed by atoms with Gasteiger partial charge in [-0.05, 0) is 59.1 Å². The number of benzene rings is 2. The Kier molecular flexibility index (Phi) is 5.74. The monoisotopic (exact) mass is 447 g/mol. The number of aromatic nitrogens is 5. The Morgan fingerprint density at radius 1 is 1.09 bits per heavy atom. The smallest absolute Gasteiger partial charge is 0.253 e. The van der Waals surface area contributed by atoms with Crippen LogP contribution in [-0.2, 0) is 6.54 Å². The normalized spacial score (nSPS) is 16.3. The van der Waals surface area contributed by atoms with E-state index in [0.29, 0.717) is 17.9 Å². The Bertz CT molecular complexity index is 1320. The zero-order valence-corrected chi connectivity index (χ0v) is 18.7. The molecule has 0 bridgehead atoms. The van der Waals surface area contributed by atoms with E-state index in [1.807, 2.05) is 31.2 Å². The quantitative estimate of drug-likeness (QED) is 0.506.